The van der Waals surface area contributed by atoms with Gasteiger partial charge in [0, 0.05) is 26.4 Å². The number of hydrogen-bond acceptors (Lipinski definition) is 3. The van der Waals surface area contributed by atoms with Crippen molar-refractivity contribution < 1.29 is 4.79 Å². The van der Waals surface area contributed by atoms with Crippen LogP contribution in [0.4, 0.5) is 5.69 Å². The zero-order valence-electron chi connectivity index (χ0n) is 9.43. The maximum absolute atomic E-state index is 11.8. The van der Waals surface area contributed by atoms with E-state index >= 15 is 0 Å². The van der Waals surface area contributed by atoms with E-state index < -0.39 is 6.04 Å². The Bertz CT molecular complexity index is 492. The monoisotopic (exact) mass is 221 g/mol. The predicted octanol–water partition coefficient (Wildman–Crippen LogP) is -0.378. The first-order chi connectivity index (χ1) is 7.50. The lowest BCUT2D eigenvalue weighted by atomic mass is 10.1. The Balaban J connectivity index is 2.57. The number of likely N-dealkylation sites (N-methyl/N-ethyl adjacent to an activating group) is 1. The minimum absolute atomic E-state index is 0.117. The summed E-state index contributed by atoms with van der Waals surface area (Å²) >= 11 is 0. The minimum atomic E-state index is -0.474. The summed E-state index contributed by atoms with van der Waals surface area (Å²) in [6, 6.07) is 1.02. The fourth-order valence-corrected chi connectivity index (χ4v) is 1.98. The van der Waals surface area contributed by atoms with Crippen LogP contribution in [0.25, 0.3) is 0 Å². The molecule has 0 aliphatic carbocycles. The van der Waals surface area contributed by atoms with E-state index in [0.717, 1.165) is 12.0 Å². The largest absolute Gasteiger partial charge is 0.320 e. The number of rotatable bonds is 0. The van der Waals surface area contributed by atoms with Crippen molar-refractivity contribution in [2.45, 2.75) is 18.9 Å². The van der Waals surface area contributed by atoms with E-state index in [4.69, 9.17) is 5.73 Å². The zero-order chi connectivity index (χ0) is 11.9. The maximum atomic E-state index is 11.8. The van der Waals surface area contributed by atoms with Crippen LogP contribution in [-0.2, 0) is 18.3 Å². The molecule has 1 aliphatic rings. The van der Waals surface area contributed by atoms with Gasteiger partial charge in [0.1, 0.15) is 0 Å². The number of aryl methyl sites for hydroxylation is 2. The fourth-order valence-electron chi connectivity index (χ4n) is 1.98. The van der Waals surface area contributed by atoms with Gasteiger partial charge in [-0.1, -0.05) is 0 Å². The smallest absolute Gasteiger partial charge is 0.252 e. The van der Waals surface area contributed by atoms with Crippen molar-refractivity contribution in [1.29, 1.82) is 0 Å². The van der Waals surface area contributed by atoms with Crippen molar-refractivity contribution in [1.82, 2.24) is 4.57 Å². The van der Waals surface area contributed by atoms with Crippen LogP contribution in [0.2, 0.25) is 0 Å². The van der Waals surface area contributed by atoms with Crippen LogP contribution in [0.1, 0.15) is 12.0 Å². The number of fused-ring (bicyclic) bond motifs is 1. The van der Waals surface area contributed by atoms with Crippen molar-refractivity contribution in [3.8, 4) is 0 Å². The highest BCUT2D eigenvalue weighted by molar-refractivity contribution is 5.97. The number of amides is 1. The lowest BCUT2D eigenvalue weighted by Gasteiger charge is -2.19. The highest BCUT2D eigenvalue weighted by atomic mass is 16.2. The third-order valence-corrected chi connectivity index (χ3v) is 3.02. The molecule has 0 bridgehead atoms. The van der Waals surface area contributed by atoms with Gasteiger partial charge < -0.3 is 15.2 Å². The van der Waals surface area contributed by atoms with E-state index in [9.17, 15) is 9.59 Å². The first kappa shape index (κ1) is 10.9. The summed E-state index contributed by atoms with van der Waals surface area (Å²) in [7, 11) is 3.36. The lowest BCUT2D eigenvalue weighted by molar-refractivity contribution is -0.119. The lowest BCUT2D eigenvalue weighted by Crippen LogP contribution is -2.40. The van der Waals surface area contributed by atoms with Crippen LogP contribution >= 0.6 is 0 Å². The Labute approximate surface area is 93.5 Å². The molecular formula is C11H15N3O2. The molecular weight excluding hydrogens is 206 g/mol. The Hall–Kier alpha value is -1.62. The topological polar surface area (TPSA) is 68.3 Å². The molecule has 86 valence electrons. The molecule has 1 aromatic heterocycles. The van der Waals surface area contributed by atoms with Gasteiger partial charge in [0.2, 0.25) is 5.91 Å². The van der Waals surface area contributed by atoms with Crippen LogP contribution in [0.5, 0.6) is 0 Å². The van der Waals surface area contributed by atoms with Crippen molar-refractivity contribution in [3.63, 3.8) is 0 Å². The normalized spacial score (nSPS) is 20.6. The highest BCUT2D eigenvalue weighted by Gasteiger charge is 2.25. The van der Waals surface area contributed by atoms with Gasteiger partial charge in [-0.05, 0) is 18.4 Å². The van der Waals surface area contributed by atoms with Crippen LogP contribution in [-0.4, -0.2) is 23.6 Å². The van der Waals surface area contributed by atoms with Gasteiger partial charge in [-0.2, -0.15) is 0 Å². The van der Waals surface area contributed by atoms with Crippen LogP contribution in [0.3, 0.4) is 0 Å². The van der Waals surface area contributed by atoms with E-state index in [1.54, 1.807) is 20.3 Å². The molecule has 5 nitrogen and oxygen atoms in total. The van der Waals surface area contributed by atoms with Crippen LogP contribution in [0, 0.1) is 0 Å². The van der Waals surface area contributed by atoms with E-state index in [1.807, 2.05) is 0 Å². The Morgan fingerprint density at radius 3 is 2.75 bits per heavy atom. The molecule has 1 aromatic rings. The number of carbonyl (C=O) groups excluding carboxylic acids is 1. The molecule has 0 fully saturated rings. The number of anilines is 1. The minimum Gasteiger partial charge on any atom is -0.320 e. The van der Waals surface area contributed by atoms with Crippen molar-refractivity contribution in [2.24, 2.45) is 12.8 Å². The van der Waals surface area contributed by atoms with Gasteiger partial charge >= 0.3 is 0 Å². The third-order valence-electron chi connectivity index (χ3n) is 3.02. The second kappa shape index (κ2) is 3.75. The molecule has 2 heterocycles. The third kappa shape index (κ3) is 1.63. The quantitative estimate of drug-likeness (QED) is 0.649. The van der Waals surface area contributed by atoms with Gasteiger partial charge in [-0.15, -0.1) is 0 Å². The summed E-state index contributed by atoms with van der Waals surface area (Å²) in [5.41, 5.74) is 7.30. The summed E-state index contributed by atoms with van der Waals surface area (Å²) in [5.74, 6) is -0.132. The second-order valence-electron chi connectivity index (χ2n) is 4.18. The molecule has 2 N–H and O–H groups in total. The van der Waals surface area contributed by atoms with Crippen molar-refractivity contribution in [2.75, 3.05) is 11.9 Å². The number of aromatic nitrogens is 1. The Kier molecular flexibility index (Phi) is 2.55. The molecule has 0 radical (unpaired) electrons. The Morgan fingerprint density at radius 1 is 1.38 bits per heavy atom. The number of nitrogens with zero attached hydrogens (tertiary/aromatic N) is 2. The van der Waals surface area contributed by atoms with E-state index in [-0.39, 0.29) is 11.5 Å². The van der Waals surface area contributed by atoms with Crippen LogP contribution < -0.4 is 16.2 Å². The summed E-state index contributed by atoms with van der Waals surface area (Å²) in [6.07, 6.45) is 3.12. The molecule has 0 saturated carbocycles. The molecule has 0 unspecified atom stereocenters. The molecule has 1 atom stereocenters. The van der Waals surface area contributed by atoms with Gasteiger partial charge in [0.25, 0.3) is 5.56 Å². The number of pyridine rings is 1. The van der Waals surface area contributed by atoms with Gasteiger partial charge in [0.05, 0.1) is 11.7 Å². The molecule has 0 aromatic carbocycles. The first-order valence-corrected chi connectivity index (χ1v) is 5.23. The molecule has 2 rings (SSSR count). The summed E-state index contributed by atoms with van der Waals surface area (Å²) in [4.78, 5) is 24.8. The molecule has 1 aliphatic heterocycles. The Morgan fingerprint density at radius 2 is 2.06 bits per heavy atom. The fraction of sp³-hybridized carbons (Fsp3) is 0.455. The predicted molar refractivity (Wildman–Crippen MR) is 61.4 cm³/mol. The zero-order valence-corrected chi connectivity index (χ0v) is 9.43. The van der Waals surface area contributed by atoms with E-state index in [2.05, 4.69) is 0 Å². The average molecular weight is 221 g/mol. The van der Waals surface area contributed by atoms with Crippen molar-refractivity contribution >= 4 is 11.6 Å². The second-order valence-corrected chi connectivity index (χ2v) is 4.18. The molecule has 1 amide bonds. The highest BCUT2D eigenvalue weighted by Crippen LogP contribution is 2.23. The van der Waals surface area contributed by atoms with E-state index in [0.29, 0.717) is 12.1 Å². The summed E-state index contributed by atoms with van der Waals surface area (Å²) in [5, 5.41) is 0. The maximum Gasteiger partial charge on any atom is 0.252 e. The number of carbonyl (C=O) groups is 1. The van der Waals surface area contributed by atoms with Gasteiger partial charge in [0.15, 0.2) is 0 Å². The number of nitrogens with two attached hydrogens (primary N) is 1. The molecule has 0 spiro atoms. The summed E-state index contributed by atoms with van der Waals surface area (Å²) in [6.45, 7) is 0. The van der Waals surface area contributed by atoms with Gasteiger partial charge in [-0.3, -0.25) is 9.59 Å². The summed E-state index contributed by atoms with van der Waals surface area (Å²) < 4.78 is 1.52. The SMILES string of the molecule is CN1C(=O)[C@@H](N)CCc2cn(C)c(=O)cc21. The average Bonchev–Trinajstić information content (AvgIpc) is 2.35. The van der Waals surface area contributed by atoms with Crippen LogP contribution in [0.15, 0.2) is 17.1 Å². The molecule has 16 heavy (non-hydrogen) atoms. The van der Waals surface area contributed by atoms with Gasteiger partial charge in [-0.25, -0.2) is 0 Å². The number of hydrogen-bond donors (Lipinski definition) is 1. The molecule has 5 heteroatoms. The molecule has 0 saturated heterocycles. The van der Waals surface area contributed by atoms with Crippen molar-refractivity contribution in [3.05, 3.63) is 28.2 Å². The standard InChI is InChI=1S/C11H15N3O2/c1-13-6-7-3-4-8(12)11(16)14(2)9(7)5-10(13)15/h5-6,8H,3-4,12H2,1-2H3/t8-/m0/s1. The van der Waals surface area contributed by atoms with E-state index in [1.165, 1.54) is 15.5 Å². The first-order valence-electron chi connectivity index (χ1n) is 5.23.